The number of hydrogen-bond acceptors (Lipinski definition) is 3. The monoisotopic (exact) mass is 249 g/mol. The maximum atomic E-state index is 5.68. The first-order chi connectivity index (χ1) is 8.68. The van der Waals surface area contributed by atoms with E-state index in [1.807, 2.05) is 30.3 Å². The molecule has 1 aromatic carbocycles. The largest absolute Gasteiger partial charge is 0.494 e. The third-order valence-electron chi connectivity index (χ3n) is 3.25. The van der Waals surface area contributed by atoms with Gasteiger partial charge >= 0.3 is 0 Å². The maximum Gasteiger partial charge on any atom is 0.119 e. The lowest BCUT2D eigenvalue weighted by Gasteiger charge is -2.40. The number of hydrogen-bond donors (Lipinski definition) is 0. The summed E-state index contributed by atoms with van der Waals surface area (Å²) in [4.78, 5) is 2.37. The van der Waals surface area contributed by atoms with Gasteiger partial charge < -0.3 is 14.4 Å². The van der Waals surface area contributed by atoms with E-state index >= 15 is 0 Å². The fourth-order valence-corrected chi connectivity index (χ4v) is 2.31. The highest BCUT2D eigenvalue weighted by molar-refractivity contribution is 5.20. The summed E-state index contributed by atoms with van der Waals surface area (Å²) in [5.41, 5.74) is 0.370. The highest BCUT2D eigenvalue weighted by Crippen LogP contribution is 2.27. The molecule has 1 fully saturated rings. The zero-order chi connectivity index (χ0) is 12.8. The molecule has 1 aromatic rings. The Bertz CT molecular complexity index is 349. The summed E-state index contributed by atoms with van der Waals surface area (Å²) >= 11 is 0. The molecule has 0 aliphatic carbocycles. The lowest BCUT2D eigenvalue weighted by atomic mass is 9.88. The van der Waals surface area contributed by atoms with E-state index in [0.717, 1.165) is 45.1 Å². The first-order valence-corrected chi connectivity index (χ1v) is 6.62. The molecule has 0 atom stereocenters. The Labute approximate surface area is 110 Å². The first-order valence-electron chi connectivity index (χ1n) is 6.62. The molecule has 18 heavy (non-hydrogen) atoms. The quantitative estimate of drug-likeness (QED) is 0.693. The standard InChI is InChI=1S/C15H23NO2/c1-15(12-17-13-15)11-16(2)9-6-10-18-14-7-4-3-5-8-14/h3-5,7-8H,6,9-13H2,1-2H3. The van der Waals surface area contributed by atoms with Crippen LogP contribution >= 0.6 is 0 Å². The zero-order valence-corrected chi connectivity index (χ0v) is 11.4. The summed E-state index contributed by atoms with van der Waals surface area (Å²) < 4.78 is 10.9. The van der Waals surface area contributed by atoms with Gasteiger partial charge in [0.15, 0.2) is 0 Å². The predicted octanol–water partition coefficient (Wildman–Crippen LogP) is 2.42. The fourth-order valence-electron chi connectivity index (χ4n) is 2.31. The summed E-state index contributed by atoms with van der Waals surface area (Å²) in [7, 11) is 2.17. The average molecular weight is 249 g/mol. The van der Waals surface area contributed by atoms with Gasteiger partial charge in [0.1, 0.15) is 5.75 Å². The van der Waals surface area contributed by atoms with Crippen molar-refractivity contribution in [3.05, 3.63) is 30.3 Å². The lowest BCUT2D eigenvalue weighted by Crippen LogP contribution is -2.48. The molecule has 3 nitrogen and oxygen atoms in total. The molecule has 1 aliphatic rings. The van der Waals surface area contributed by atoms with Crippen LogP contribution in [0.4, 0.5) is 0 Å². The fraction of sp³-hybridized carbons (Fsp3) is 0.600. The van der Waals surface area contributed by atoms with Gasteiger partial charge in [-0.2, -0.15) is 0 Å². The molecule has 0 spiro atoms. The lowest BCUT2D eigenvalue weighted by molar-refractivity contribution is -0.112. The van der Waals surface area contributed by atoms with Crippen molar-refractivity contribution in [3.63, 3.8) is 0 Å². The Morgan fingerprint density at radius 3 is 2.61 bits per heavy atom. The minimum absolute atomic E-state index is 0.370. The van der Waals surface area contributed by atoms with Crippen molar-refractivity contribution in [3.8, 4) is 5.75 Å². The molecule has 1 saturated heterocycles. The van der Waals surface area contributed by atoms with Gasteiger partial charge in [0.25, 0.3) is 0 Å². The summed E-state index contributed by atoms with van der Waals surface area (Å²) in [5, 5.41) is 0. The first kappa shape index (κ1) is 13.4. The SMILES string of the molecule is CN(CCCOc1ccccc1)CC1(C)COC1. The molecule has 0 saturated carbocycles. The van der Waals surface area contributed by atoms with Gasteiger partial charge in [-0.1, -0.05) is 25.1 Å². The van der Waals surface area contributed by atoms with E-state index in [0.29, 0.717) is 5.41 Å². The molecule has 1 heterocycles. The van der Waals surface area contributed by atoms with Gasteiger partial charge in [0.2, 0.25) is 0 Å². The number of ether oxygens (including phenoxy) is 2. The van der Waals surface area contributed by atoms with Gasteiger partial charge in [-0.3, -0.25) is 0 Å². The van der Waals surface area contributed by atoms with Crippen molar-refractivity contribution in [1.82, 2.24) is 4.90 Å². The van der Waals surface area contributed by atoms with Crippen LogP contribution in [0.2, 0.25) is 0 Å². The zero-order valence-electron chi connectivity index (χ0n) is 11.4. The van der Waals surface area contributed by atoms with E-state index in [1.165, 1.54) is 0 Å². The van der Waals surface area contributed by atoms with Crippen LogP contribution in [-0.4, -0.2) is 44.9 Å². The molecule has 0 amide bonds. The van der Waals surface area contributed by atoms with Crippen LogP contribution in [0.3, 0.4) is 0 Å². The molecule has 0 bridgehead atoms. The van der Waals surface area contributed by atoms with Crippen LogP contribution in [0.25, 0.3) is 0 Å². The van der Waals surface area contributed by atoms with E-state index in [9.17, 15) is 0 Å². The van der Waals surface area contributed by atoms with E-state index in [2.05, 4.69) is 18.9 Å². The number of para-hydroxylation sites is 1. The van der Waals surface area contributed by atoms with Crippen molar-refractivity contribution in [1.29, 1.82) is 0 Å². The van der Waals surface area contributed by atoms with Crippen molar-refractivity contribution >= 4 is 0 Å². The van der Waals surface area contributed by atoms with E-state index in [4.69, 9.17) is 9.47 Å². The second kappa shape index (κ2) is 6.21. The Kier molecular flexibility index (Phi) is 4.61. The van der Waals surface area contributed by atoms with Gasteiger partial charge in [-0.05, 0) is 25.6 Å². The number of benzene rings is 1. The van der Waals surface area contributed by atoms with E-state index < -0.39 is 0 Å². The molecular weight excluding hydrogens is 226 g/mol. The summed E-state index contributed by atoms with van der Waals surface area (Å²) in [6.45, 7) is 7.05. The van der Waals surface area contributed by atoms with E-state index in [-0.39, 0.29) is 0 Å². The normalized spacial score (nSPS) is 17.5. The molecule has 0 unspecified atom stereocenters. The van der Waals surface area contributed by atoms with Gasteiger partial charge in [-0.15, -0.1) is 0 Å². The summed E-state index contributed by atoms with van der Waals surface area (Å²) in [5.74, 6) is 0.958. The number of rotatable bonds is 7. The molecule has 1 aliphatic heterocycles. The van der Waals surface area contributed by atoms with Crippen LogP contribution in [0.1, 0.15) is 13.3 Å². The van der Waals surface area contributed by atoms with Crippen LogP contribution in [0.15, 0.2) is 30.3 Å². The number of nitrogens with zero attached hydrogens (tertiary/aromatic N) is 1. The van der Waals surface area contributed by atoms with Crippen LogP contribution in [0.5, 0.6) is 5.75 Å². The Balaban J connectivity index is 1.57. The van der Waals surface area contributed by atoms with Crippen molar-refractivity contribution in [2.75, 3.05) is 40.0 Å². The van der Waals surface area contributed by atoms with Crippen molar-refractivity contribution < 1.29 is 9.47 Å². The third-order valence-corrected chi connectivity index (χ3v) is 3.25. The summed E-state index contributed by atoms with van der Waals surface area (Å²) in [6, 6.07) is 9.99. The molecular formula is C15H23NO2. The van der Waals surface area contributed by atoms with Crippen molar-refractivity contribution in [2.24, 2.45) is 5.41 Å². The highest BCUT2D eigenvalue weighted by Gasteiger charge is 2.34. The molecule has 0 radical (unpaired) electrons. The van der Waals surface area contributed by atoms with Crippen LogP contribution in [0, 0.1) is 5.41 Å². The highest BCUT2D eigenvalue weighted by atomic mass is 16.5. The minimum atomic E-state index is 0.370. The second-order valence-corrected chi connectivity index (χ2v) is 5.56. The summed E-state index contributed by atoms with van der Waals surface area (Å²) in [6.07, 6.45) is 1.06. The molecule has 0 N–H and O–H groups in total. The van der Waals surface area contributed by atoms with Crippen LogP contribution in [-0.2, 0) is 4.74 Å². The molecule has 3 heteroatoms. The van der Waals surface area contributed by atoms with Crippen LogP contribution < -0.4 is 4.74 Å². The second-order valence-electron chi connectivity index (χ2n) is 5.56. The minimum Gasteiger partial charge on any atom is -0.494 e. The van der Waals surface area contributed by atoms with Gasteiger partial charge in [-0.25, -0.2) is 0 Å². The third kappa shape index (κ3) is 4.00. The Morgan fingerprint density at radius 2 is 2.00 bits per heavy atom. The maximum absolute atomic E-state index is 5.68. The average Bonchev–Trinajstić information content (AvgIpc) is 2.34. The molecule has 2 rings (SSSR count). The Morgan fingerprint density at radius 1 is 1.28 bits per heavy atom. The van der Waals surface area contributed by atoms with Gasteiger partial charge in [0.05, 0.1) is 19.8 Å². The van der Waals surface area contributed by atoms with E-state index in [1.54, 1.807) is 0 Å². The molecule has 0 aromatic heterocycles. The molecule has 100 valence electrons. The van der Waals surface area contributed by atoms with Crippen molar-refractivity contribution in [2.45, 2.75) is 13.3 Å². The smallest absolute Gasteiger partial charge is 0.119 e. The Hall–Kier alpha value is -1.06. The predicted molar refractivity (Wildman–Crippen MR) is 73.0 cm³/mol. The topological polar surface area (TPSA) is 21.7 Å². The van der Waals surface area contributed by atoms with Gasteiger partial charge in [0, 0.05) is 18.5 Å².